The van der Waals surface area contributed by atoms with Gasteiger partial charge in [-0.3, -0.25) is 9.10 Å². The maximum atomic E-state index is 13.1. The van der Waals surface area contributed by atoms with Crippen LogP contribution in [0.4, 0.5) is 5.69 Å². The van der Waals surface area contributed by atoms with Gasteiger partial charge in [0.05, 0.1) is 25.1 Å². The van der Waals surface area contributed by atoms with Gasteiger partial charge in [-0.05, 0) is 49.6 Å². The summed E-state index contributed by atoms with van der Waals surface area (Å²) in [5.74, 6) is 1.37. The smallest absolute Gasteiger partial charge is 0.244 e. The topological polar surface area (TPSA) is 94.2 Å². The first-order valence-electron chi connectivity index (χ1n) is 10.5. The van der Waals surface area contributed by atoms with Gasteiger partial charge >= 0.3 is 0 Å². The zero-order chi connectivity index (χ0) is 23.5. The molecule has 2 atom stereocenters. The molecule has 1 amide bonds. The van der Waals surface area contributed by atoms with E-state index in [0.29, 0.717) is 36.8 Å². The van der Waals surface area contributed by atoms with E-state index in [1.807, 2.05) is 32.0 Å². The Morgan fingerprint density at radius 3 is 2.44 bits per heavy atom. The molecule has 8 nitrogen and oxygen atoms in total. The number of aryl methyl sites for hydroxylation is 1. The van der Waals surface area contributed by atoms with Crippen molar-refractivity contribution in [2.24, 2.45) is 0 Å². The van der Waals surface area contributed by atoms with Crippen LogP contribution in [0, 0.1) is 6.92 Å². The van der Waals surface area contributed by atoms with Crippen molar-refractivity contribution < 1.29 is 27.4 Å². The summed E-state index contributed by atoms with van der Waals surface area (Å²) < 4.78 is 42.8. The molecule has 3 rings (SSSR count). The molecule has 0 saturated carbocycles. The van der Waals surface area contributed by atoms with Crippen LogP contribution in [0.3, 0.4) is 0 Å². The SMILES string of the molecule is CC[C@@H](NC(=O)[C@H](C)N(c1ccc2c(c1)OCCO2)S(C)(=O)=O)c1ccc(OC)c(C)c1. The van der Waals surface area contributed by atoms with Gasteiger partial charge in [0.2, 0.25) is 15.9 Å². The van der Waals surface area contributed by atoms with Crippen molar-refractivity contribution in [3.05, 3.63) is 47.5 Å². The first-order valence-corrected chi connectivity index (χ1v) is 12.3. The van der Waals surface area contributed by atoms with Crippen LogP contribution in [-0.4, -0.2) is 46.9 Å². The second kappa shape index (κ2) is 9.68. The van der Waals surface area contributed by atoms with Gasteiger partial charge in [-0.15, -0.1) is 0 Å². The highest BCUT2D eigenvalue weighted by molar-refractivity contribution is 7.92. The van der Waals surface area contributed by atoms with Crippen LogP contribution >= 0.6 is 0 Å². The highest BCUT2D eigenvalue weighted by atomic mass is 32.2. The Balaban J connectivity index is 1.85. The molecule has 0 saturated heterocycles. The molecule has 174 valence electrons. The number of benzene rings is 2. The van der Waals surface area contributed by atoms with Crippen molar-refractivity contribution in [2.45, 2.75) is 39.3 Å². The van der Waals surface area contributed by atoms with Crippen LogP contribution in [-0.2, 0) is 14.8 Å². The molecule has 0 aliphatic carbocycles. The van der Waals surface area contributed by atoms with Crippen LogP contribution in [0.2, 0.25) is 0 Å². The number of hydrogen-bond donors (Lipinski definition) is 1. The normalized spacial score (nSPS) is 14.9. The van der Waals surface area contributed by atoms with Gasteiger partial charge < -0.3 is 19.5 Å². The van der Waals surface area contributed by atoms with Gasteiger partial charge in [0.25, 0.3) is 0 Å². The maximum Gasteiger partial charge on any atom is 0.244 e. The molecule has 0 fully saturated rings. The van der Waals surface area contributed by atoms with Gasteiger partial charge in [0.1, 0.15) is 25.0 Å². The lowest BCUT2D eigenvalue weighted by atomic mass is 10.0. The molecule has 0 radical (unpaired) electrons. The maximum absolute atomic E-state index is 13.1. The van der Waals surface area contributed by atoms with E-state index in [1.165, 1.54) is 0 Å². The standard InChI is InChI=1S/C23H30N2O6S/c1-6-19(17-7-9-20(29-4)15(2)13-17)24-23(26)16(3)25(32(5,27)28)18-8-10-21-22(14-18)31-12-11-30-21/h7-10,13-14,16,19H,6,11-12H2,1-5H3,(H,24,26)/t16-,19+/m0/s1. The number of anilines is 1. The van der Waals surface area contributed by atoms with E-state index in [-0.39, 0.29) is 6.04 Å². The molecule has 0 unspecified atom stereocenters. The third-order valence-corrected chi connectivity index (χ3v) is 6.66. The monoisotopic (exact) mass is 462 g/mol. The fourth-order valence-electron chi connectivity index (χ4n) is 3.81. The molecular weight excluding hydrogens is 432 g/mol. The van der Waals surface area contributed by atoms with Crippen LogP contribution in [0.15, 0.2) is 36.4 Å². The number of methoxy groups -OCH3 is 1. The molecule has 1 aliphatic rings. The average molecular weight is 463 g/mol. The summed E-state index contributed by atoms with van der Waals surface area (Å²) >= 11 is 0. The van der Waals surface area contributed by atoms with Crippen molar-refractivity contribution in [2.75, 3.05) is 30.9 Å². The summed E-state index contributed by atoms with van der Waals surface area (Å²) in [7, 11) is -2.14. The van der Waals surface area contributed by atoms with Gasteiger partial charge in [0, 0.05) is 6.07 Å². The van der Waals surface area contributed by atoms with Crippen LogP contribution in [0.25, 0.3) is 0 Å². The van der Waals surface area contributed by atoms with E-state index in [2.05, 4.69) is 5.32 Å². The van der Waals surface area contributed by atoms with Crippen molar-refractivity contribution in [3.63, 3.8) is 0 Å². The van der Waals surface area contributed by atoms with Crippen LogP contribution in [0.5, 0.6) is 17.2 Å². The van der Waals surface area contributed by atoms with Crippen LogP contribution in [0.1, 0.15) is 37.4 Å². The van der Waals surface area contributed by atoms with Crippen LogP contribution < -0.4 is 23.8 Å². The van der Waals surface area contributed by atoms with Gasteiger partial charge in [-0.2, -0.15) is 0 Å². The summed E-state index contributed by atoms with van der Waals surface area (Å²) in [6.07, 6.45) is 1.73. The number of fused-ring (bicyclic) bond motifs is 1. The number of carbonyl (C=O) groups excluding carboxylic acids is 1. The van der Waals surface area contributed by atoms with E-state index in [9.17, 15) is 13.2 Å². The average Bonchev–Trinajstić information content (AvgIpc) is 2.76. The highest BCUT2D eigenvalue weighted by Crippen LogP contribution is 2.35. The summed E-state index contributed by atoms with van der Waals surface area (Å²) in [5.41, 5.74) is 2.23. The van der Waals surface area contributed by atoms with E-state index in [1.54, 1.807) is 32.2 Å². The fraction of sp³-hybridized carbons (Fsp3) is 0.435. The van der Waals surface area contributed by atoms with Crippen molar-refractivity contribution in [1.82, 2.24) is 5.32 Å². The second-order valence-corrected chi connectivity index (χ2v) is 9.62. The first kappa shape index (κ1) is 23.7. The lowest BCUT2D eigenvalue weighted by molar-refractivity contribution is -0.122. The first-order chi connectivity index (χ1) is 15.2. The number of carbonyl (C=O) groups is 1. The Labute approximate surface area is 189 Å². The third kappa shape index (κ3) is 5.09. The number of nitrogens with zero attached hydrogens (tertiary/aromatic N) is 1. The van der Waals surface area contributed by atoms with Gasteiger partial charge in [-0.25, -0.2) is 8.42 Å². The molecule has 9 heteroatoms. The van der Waals surface area contributed by atoms with Gasteiger partial charge in [-0.1, -0.05) is 19.1 Å². The van der Waals surface area contributed by atoms with Crippen molar-refractivity contribution in [3.8, 4) is 17.2 Å². The fourth-order valence-corrected chi connectivity index (χ4v) is 4.98. The predicted molar refractivity (Wildman–Crippen MR) is 123 cm³/mol. The molecular formula is C23H30N2O6S. The lowest BCUT2D eigenvalue weighted by Crippen LogP contribution is -2.48. The summed E-state index contributed by atoms with van der Waals surface area (Å²) in [6.45, 7) is 6.28. The predicted octanol–water partition coefficient (Wildman–Crippen LogP) is 3.20. The number of nitrogens with one attached hydrogen (secondary N) is 1. The number of hydrogen-bond acceptors (Lipinski definition) is 6. The van der Waals surface area contributed by atoms with Crippen molar-refractivity contribution >= 4 is 21.6 Å². The number of ether oxygens (including phenoxy) is 3. The molecule has 32 heavy (non-hydrogen) atoms. The summed E-state index contributed by atoms with van der Waals surface area (Å²) in [5, 5.41) is 2.99. The van der Waals surface area contributed by atoms with E-state index < -0.39 is 22.0 Å². The Kier molecular flexibility index (Phi) is 7.18. The minimum Gasteiger partial charge on any atom is -0.496 e. The quantitative estimate of drug-likeness (QED) is 0.648. The number of rotatable bonds is 8. The molecule has 1 aliphatic heterocycles. The Morgan fingerprint density at radius 1 is 1.16 bits per heavy atom. The van der Waals surface area contributed by atoms with E-state index in [0.717, 1.165) is 27.4 Å². The lowest BCUT2D eigenvalue weighted by Gasteiger charge is -2.30. The Bertz CT molecular complexity index is 1090. The van der Waals surface area contributed by atoms with Crippen molar-refractivity contribution in [1.29, 1.82) is 0 Å². The zero-order valence-corrected chi connectivity index (χ0v) is 19.9. The number of sulfonamides is 1. The van der Waals surface area contributed by atoms with E-state index in [4.69, 9.17) is 14.2 Å². The van der Waals surface area contributed by atoms with E-state index >= 15 is 0 Å². The molecule has 0 aromatic heterocycles. The molecule has 2 aromatic rings. The minimum atomic E-state index is -3.75. The summed E-state index contributed by atoms with van der Waals surface area (Å²) in [4.78, 5) is 13.1. The zero-order valence-electron chi connectivity index (χ0n) is 19.0. The third-order valence-electron chi connectivity index (χ3n) is 5.41. The van der Waals surface area contributed by atoms with Gasteiger partial charge in [0.15, 0.2) is 11.5 Å². The molecule has 2 aromatic carbocycles. The highest BCUT2D eigenvalue weighted by Gasteiger charge is 2.31. The Morgan fingerprint density at radius 2 is 1.84 bits per heavy atom. The molecule has 1 N–H and O–H groups in total. The molecule has 0 spiro atoms. The summed E-state index contributed by atoms with van der Waals surface area (Å²) in [6, 6.07) is 9.35. The second-order valence-electron chi connectivity index (χ2n) is 7.76. The molecule has 0 bridgehead atoms. The Hall–Kier alpha value is -2.94. The minimum absolute atomic E-state index is 0.267. The largest absolute Gasteiger partial charge is 0.496 e. The molecule has 1 heterocycles. The number of amides is 1.